The minimum atomic E-state index is -0.0310. The molecule has 0 spiro atoms. The van der Waals surface area contributed by atoms with Crippen LogP contribution in [0.4, 0.5) is 0 Å². The Labute approximate surface area is 140 Å². The van der Waals surface area contributed by atoms with Gasteiger partial charge in [0.25, 0.3) is 5.91 Å². The number of amides is 1. The molecule has 0 aliphatic rings. The van der Waals surface area contributed by atoms with Gasteiger partial charge in [0.1, 0.15) is 0 Å². The molecule has 1 rings (SSSR count). The van der Waals surface area contributed by atoms with Crippen molar-refractivity contribution in [2.75, 3.05) is 13.2 Å². The van der Waals surface area contributed by atoms with Crippen molar-refractivity contribution in [3.8, 4) is 11.8 Å². The van der Waals surface area contributed by atoms with Gasteiger partial charge in [-0.15, -0.1) is 11.8 Å². The van der Waals surface area contributed by atoms with Gasteiger partial charge in [-0.05, 0) is 30.0 Å². The van der Waals surface area contributed by atoms with Gasteiger partial charge < -0.3 is 10.1 Å². The van der Waals surface area contributed by atoms with Crippen LogP contribution in [0.3, 0.4) is 0 Å². The van der Waals surface area contributed by atoms with E-state index in [9.17, 15) is 4.79 Å². The number of hydrogen-bond donors (Lipinski definition) is 1. The van der Waals surface area contributed by atoms with E-state index in [2.05, 4.69) is 44.9 Å². The third-order valence-corrected chi connectivity index (χ3v) is 3.09. The Balaban J connectivity index is 2.30. The first kappa shape index (κ1) is 19.3. The second-order valence-corrected chi connectivity index (χ2v) is 6.44. The summed E-state index contributed by atoms with van der Waals surface area (Å²) in [6, 6.07) is 7.59. The first-order chi connectivity index (χ1) is 11.0. The molecule has 23 heavy (non-hydrogen) atoms. The standard InChI is InChI=1S/C20H29NO2/c1-16(2)8-6-5-7-13-21-20(22)19-11-9-18(10-12-19)15-23-14-17(3)4/h9-12,16-17H,5,7,13-15H2,1-4H3,(H,21,22). The molecule has 0 bridgehead atoms. The van der Waals surface area contributed by atoms with E-state index in [1.807, 2.05) is 24.3 Å². The summed E-state index contributed by atoms with van der Waals surface area (Å²) in [5.74, 6) is 7.15. The lowest BCUT2D eigenvalue weighted by Gasteiger charge is -2.08. The van der Waals surface area contributed by atoms with Crippen molar-refractivity contribution >= 4 is 5.91 Å². The summed E-state index contributed by atoms with van der Waals surface area (Å²) in [4.78, 5) is 12.0. The average molecular weight is 315 g/mol. The molecule has 126 valence electrons. The highest BCUT2D eigenvalue weighted by Crippen LogP contribution is 2.07. The second kappa shape index (κ2) is 10.9. The van der Waals surface area contributed by atoms with E-state index >= 15 is 0 Å². The van der Waals surface area contributed by atoms with Crippen LogP contribution in [-0.2, 0) is 11.3 Å². The molecule has 3 nitrogen and oxygen atoms in total. The zero-order valence-electron chi connectivity index (χ0n) is 14.8. The number of nitrogens with one attached hydrogen (secondary N) is 1. The fourth-order valence-electron chi connectivity index (χ4n) is 1.92. The van der Waals surface area contributed by atoms with Gasteiger partial charge in [-0.1, -0.05) is 39.8 Å². The summed E-state index contributed by atoms with van der Waals surface area (Å²) in [6.07, 6.45) is 1.71. The van der Waals surface area contributed by atoms with Crippen molar-refractivity contribution in [1.82, 2.24) is 5.32 Å². The fraction of sp³-hybridized carbons (Fsp3) is 0.550. The molecule has 0 radical (unpaired) electrons. The van der Waals surface area contributed by atoms with Crippen LogP contribution < -0.4 is 5.32 Å². The molecule has 0 aliphatic carbocycles. The summed E-state index contributed by atoms with van der Waals surface area (Å²) < 4.78 is 5.59. The van der Waals surface area contributed by atoms with Gasteiger partial charge in [0.2, 0.25) is 0 Å². The molecule has 0 saturated carbocycles. The lowest BCUT2D eigenvalue weighted by Crippen LogP contribution is -2.24. The van der Waals surface area contributed by atoms with Gasteiger partial charge in [0.15, 0.2) is 0 Å². The molecular weight excluding hydrogens is 286 g/mol. The normalized spacial score (nSPS) is 10.5. The predicted molar refractivity (Wildman–Crippen MR) is 95.1 cm³/mol. The average Bonchev–Trinajstić information content (AvgIpc) is 2.50. The number of rotatable bonds is 8. The first-order valence-corrected chi connectivity index (χ1v) is 8.42. The molecule has 1 aromatic carbocycles. The Bertz CT molecular complexity index is 521. The van der Waals surface area contributed by atoms with Gasteiger partial charge in [-0.3, -0.25) is 4.79 Å². The van der Waals surface area contributed by atoms with Crippen LogP contribution in [0.5, 0.6) is 0 Å². The van der Waals surface area contributed by atoms with Crippen molar-refractivity contribution in [2.24, 2.45) is 11.8 Å². The van der Waals surface area contributed by atoms with Crippen LogP contribution in [0.25, 0.3) is 0 Å². The Morgan fingerprint density at radius 1 is 1.17 bits per heavy atom. The Morgan fingerprint density at radius 3 is 2.48 bits per heavy atom. The summed E-state index contributed by atoms with van der Waals surface area (Å²) >= 11 is 0. The van der Waals surface area contributed by atoms with Crippen molar-refractivity contribution in [3.63, 3.8) is 0 Å². The molecule has 0 fully saturated rings. The van der Waals surface area contributed by atoms with E-state index in [1.165, 1.54) is 0 Å². The lowest BCUT2D eigenvalue weighted by atomic mass is 10.1. The van der Waals surface area contributed by atoms with E-state index in [0.29, 0.717) is 30.6 Å². The lowest BCUT2D eigenvalue weighted by molar-refractivity contribution is 0.0949. The highest BCUT2D eigenvalue weighted by atomic mass is 16.5. The second-order valence-electron chi connectivity index (χ2n) is 6.44. The highest BCUT2D eigenvalue weighted by molar-refractivity contribution is 5.94. The van der Waals surface area contributed by atoms with Gasteiger partial charge in [0, 0.05) is 31.1 Å². The number of carbonyl (C=O) groups excluding carboxylic acids is 1. The number of ether oxygens (including phenoxy) is 1. The first-order valence-electron chi connectivity index (χ1n) is 8.42. The van der Waals surface area contributed by atoms with Crippen molar-refractivity contribution in [2.45, 2.75) is 47.1 Å². The van der Waals surface area contributed by atoms with Gasteiger partial charge in [-0.25, -0.2) is 0 Å². The molecule has 1 amide bonds. The van der Waals surface area contributed by atoms with Crippen LogP contribution in [0.2, 0.25) is 0 Å². The van der Waals surface area contributed by atoms with Gasteiger partial charge >= 0.3 is 0 Å². The van der Waals surface area contributed by atoms with Crippen LogP contribution >= 0.6 is 0 Å². The molecule has 0 aromatic heterocycles. The largest absolute Gasteiger partial charge is 0.377 e. The van der Waals surface area contributed by atoms with E-state index in [0.717, 1.165) is 25.0 Å². The third kappa shape index (κ3) is 9.05. The highest BCUT2D eigenvalue weighted by Gasteiger charge is 2.04. The maximum atomic E-state index is 12.0. The van der Waals surface area contributed by atoms with Crippen molar-refractivity contribution in [3.05, 3.63) is 35.4 Å². The zero-order chi connectivity index (χ0) is 17.1. The summed E-state index contributed by atoms with van der Waals surface area (Å²) in [7, 11) is 0. The van der Waals surface area contributed by atoms with Crippen molar-refractivity contribution in [1.29, 1.82) is 0 Å². The quantitative estimate of drug-likeness (QED) is 0.581. The van der Waals surface area contributed by atoms with Crippen molar-refractivity contribution < 1.29 is 9.53 Å². The summed E-state index contributed by atoms with van der Waals surface area (Å²) in [5, 5.41) is 2.93. The monoisotopic (exact) mass is 315 g/mol. The zero-order valence-corrected chi connectivity index (χ0v) is 14.8. The molecule has 0 unspecified atom stereocenters. The molecule has 1 aromatic rings. The van der Waals surface area contributed by atoms with Crippen LogP contribution in [0.15, 0.2) is 24.3 Å². The van der Waals surface area contributed by atoms with Gasteiger partial charge in [0.05, 0.1) is 6.61 Å². The molecule has 0 atom stereocenters. The molecule has 0 saturated heterocycles. The fourth-order valence-corrected chi connectivity index (χ4v) is 1.92. The predicted octanol–water partition coefficient (Wildman–Crippen LogP) is 4.03. The van der Waals surface area contributed by atoms with E-state index in [4.69, 9.17) is 4.74 Å². The molecular formula is C20H29NO2. The Hall–Kier alpha value is -1.79. The number of carbonyl (C=O) groups is 1. The minimum absolute atomic E-state index is 0.0310. The van der Waals surface area contributed by atoms with Crippen LogP contribution in [0.1, 0.15) is 56.5 Å². The minimum Gasteiger partial charge on any atom is -0.377 e. The molecule has 0 aliphatic heterocycles. The topological polar surface area (TPSA) is 38.3 Å². The Morgan fingerprint density at radius 2 is 1.87 bits per heavy atom. The summed E-state index contributed by atoms with van der Waals surface area (Å²) in [5.41, 5.74) is 1.78. The van der Waals surface area contributed by atoms with E-state index < -0.39 is 0 Å². The van der Waals surface area contributed by atoms with Crippen LogP contribution in [0, 0.1) is 23.7 Å². The SMILES string of the molecule is CC(C)C#CCCCNC(=O)c1ccc(COCC(C)C)cc1. The third-order valence-electron chi connectivity index (χ3n) is 3.09. The number of hydrogen-bond acceptors (Lipinski definition) is 2. The maximum absolute atomic E-state index is 12.0. The summed E-state index contributed by atoms with van der Waals surface area (Å²) in [6.45, 7) is 10.4. The van der Waals surface area contributed by atoms with Crippen LogP contribution in [-0.4, -0.2) is 19.1 Å². The van der Waals surface area contributed by atoms with E-state index in [-0.39, 0.29) is 5.91 Å². The maximum Gasteiger partial charge on any atom is 0.251 e. The number of benzene rings is 1. The molecule has 3 heteroatoms. The molecule has 0 heterocycles. The smallest absolute Gasteiger partial charge is 0.251 e. The Kier molecular flexibility index (Phi) is 9.09. The van der Waals surface area contributed by atoms with Gasteiger partial charge in [-0.2, -0.15) is 0 Å². The number of unbranched alkanes of at least 4 members (excludes halogenated alkanes) is 1. The van der Waals surface area contributed by atoms with E-state index in [1.54, 1.807) is 0 Å². The molecule has 1 N–H and O–H groups in total.